The van der Waals surface area contributed by atoms with Crippen molar-refractivity contribution in [2.45, 2.75) is 39.3 Å². The Balaban J connectivity index is 1.60. The largest absolute Gasteiger partial charge is 0.350 e. The highest BCUT2D eigenvalue weighted by Crippen LogP contribution is 2.18. The van der Waals surface area contributed by atoms with E-state index >= 15 is 0 Å². The van der Waals surface area contributed by atoms with Crippen molar-refractivity contribution in [2.75, 3.05) is 13.1 Å². The van der Waals surface area contributed by atoms with Gasteiger partial charge in [-0.3, -0.25) is 14.2 Å². The maximum atomic E-state index is 12.4. The highest BCUT2D eigenvalue weighted by Gasteiger charge is 2.26. The lowest BCUT2D eigenvalue weighted by molar-refractivity contribution is -0.127. The lowest BCUT2D eigenvalue weighted by Crippen LogP contribution is -2.45. The summed E-state index contributed by atoms with van der Waals surface area (Å²) in [5, 5.41) is 3.06. The van der Waals surface area contributed by atoms with E-state index in [0.29, 0.717) is 12.6 Å². The fourth-order valence-electron chi connectivity index (χ4n) is 3.04. The van der Waals surface area contributed by atoms with E-state index in [1.807, 2.05) is 10.6 Å². The van der Waals surface area contributed by atoms with Crippen LogP contribution in [0.15, 0.2) is 24.8 Å². The molecule has 0 aromatic carbocycles. The van der Waals surface area contributed by atoms with E-state index in [1.165, 1.54) is 0 Å². The molecule has 1 unspecified atom stereocenters. The number of carbonyl (C=O) groups excluding carboxylic acids is 1. The molecule has 2 aromatic heterocycles. The molecule has 1 saturated heterocycles. The van der Waals surface area contributed by atoms with Gasteiger partial charge in [0.05, 0.1) is 30.6 Å². The number of hydrogen-bond acceptors (Lipinski definition) is 4. The molecule has 0 spiro atoms. The molecule has 1 amide bonds. The average molecular weight is 301 g/mol. The number of fused-ring (bicyclic) bond motifs is 1. The predicted molar refractivity (Wildman–Crippen MR) is 84.3 cm³/mol. The van der Waals surface area contributed by atoms with E-state index < -0.39 is 0 Å². The number of nitrogens with zero attached hydrogens (tertiary/aromatic N) is 4. The smallest absolute Gasteiger partial charge is 0.224 e. The molecule has 2 aromatic rings. The maximum absolute atomic E-state index is 12.4. The molecule has 1 aliphatic heterocycles. The second-order valence-electron chi connectivity index (χ2n) is 6.20. The van der Waals surface area contributed by atoms with Crippen molar-refractivity contribution < 1.29 is 4.79 Å². The average Bonchev–Trinajstić information content (AvgIpc) is 2.96. The Morgan fingerprint density at radius 1 is 1.45 bits per heavy atom. The second-order valence-corrected chi connectivity index (χ2v) is 6.20. The minimum Gasteiger partial charge on any atom is -0.350 e. The lowest BCUT2D eigenvalue weighted by Gasteiger charge is -2.34. The Morgan fingerprint density at radius 3 is 3.14 bits per heavy atom. The first-order valence-electron chi connectivity index (χ1n) is 7.93. The SMILES string of the molecule is CC(C)N1CCCC(C(=O)NCc2cnc3cnccn23)C1. The first kappa shape index (κ1) is 15.0. The molecule has 0 saturated carbocycles. The zero-order valence-corrected chi connectivity index (χ0v) is 13.2. The van der Waals surface area contributed by atoms with E-state index in [-0.39, 0.29) is 11.8 Å². The number of imidazole rings is 1. The summed E-state index contributed by atoms with van der Waals surface area (Å²) < 4.78 is 1.95. The molecule has 1 atom stereocenters. The summed E-state index contributed by atoms with van der Waals surface area (Å²) in [6.45, 7) is 6.84. The quantitative estimate of drug-likeness (QED) is 0.929. The monoisotopic (exact) mass is 301 g/mol. The normalized spacial score (nSPS) is 19.7. The number of rotatable bonds is 4. The van der Waals surface area contributed by atoms with Crippen LogP contribution >= 0.6 is 0 Å². The van der Waals surface area contributed by atoms with Crippen LogP contribution in [0.2, 0.25) is 0 Å². The number of hydrogen-bond donors (Lipinski definition) is 1. The molecule has 6 nitrogen and oxygen atoms in total. The van der Waals surface area contributed by atoms with Gasteiger partial charge in [0.2, 0.25) is 5.91 Å². The summed E-state index contributed by atoms with van der Waals surface area (Å²) in [6, 6.07) is 0.502. The molecular formula is C16H23N5O. The Kier molecular flexibility index (Phi) is 4.38. The van der Waals surface area contributed by atoms with Crippen LogP contribution in [0, 0.1) is 5.92 Å². The Hall–Kier alpha value is -1.95. The third-order valence-electron chi connectivity index (χ3n) is 4.39. The first-order chi connectivity index (χ1) is 10.6. The Labute approximate surface area is 130 Å². The van der Waals surface area contributed by atoms with E-state index in [0.717, 1.165) is 37.3 Å². The van der Waals surface area contributed by atoms with Gasteiger partial charge in [0.15, 0.2) is 5.65 Å². The lowest BCUT2D eigenvalue weighted by atomic mass is 9.96. The molecule has 1 aliphatic rings. The number of piperidine rings is 1. The predicted octanol–water partition coefficient (Wildman–Crippen LogP) is 1.47. The van der Waals surface area contributed by atoms with Gasteiger partial charge in [-0.2, -0.15) is 0 Å². The van der Waals surface area contributed by atoms with Crippen molar-refractivity contribution in [3.8, 4) is 0 Å². The molecule has 1 N–H and O–H groups in total. The molecule has 3 heterocycles. The van der Waals surface area contributed by atoms with Crippen LogP contribution in [0.25, 0.3) is 5.65 Å². The van der Waals surface area contributed by atoms with Gasteiger partial charge in [-0.25, -0.2) is 4.98 Å². The summed E-state index contributed by atoms with van der Waals surface area (Å²) in [7, 11) is 0. The Bertz CT molecular complexity index is 651. The molecule has 6 heteroatoms. The maximum Gasteiger partial charge on any atom is 0.224 e. The molecule has 1 fully saturated rings. The van der Waals surface area contributed by atoms with E-state index in [2.05, 4.69) is 34.0 Å². The standard InChI is InChI=1S/C16H23N5O/c1-12(2)20-6-3-4-13(11-20)16(22)19-9-14-8-18-15-10-17-5-7-21(14)15/h5,7-8,10,12-13H,3-4,6,9,11H2,1-2H3,(H,19,22). The highest BCUT2D eigenvalue weighted by atomic mass is 16.1. The zero-order chi connectivity index (χ0) is 15.5. The number of amides is 1. The van der Waals surface area contributed by atoms with Crippen LogP contribution < -0.4 is 5.32 Å². The summed E-state index contributed by atoms with van der Waals surface area (Å²) in [5.74, 6) is 0.242. The van der Waals surface area contributed by atoms with Crippen molar-refractivity contribution in [2.24, 2.45) is 5.92 Å². The molecule has 0 aliphatic carbocycles. The zero-order valence-electron chi connectivity index (χ0n) is 13.2. The summed E-state index contributed by atoms with van der Waals surface area (Å²) in [6.07, 6.45) is 9.17. The molecule has 118 valence electrons. The van der Waals surface area contributed by atoms with Gasteiger partial charge in [0.25, 0.3) is 0 Å². The van der Waals surface area contributed by atoms with Gasteiger partial charge in [-0.1, -0.05) is 0 Å². The van der Waals surface area contributed by atoms with Crippen molar-refractivity contribution in [1.29, 1.82) is 0 Å². The fraction of sp³-hybridized carbons (Fsp3) is 0.562. The minimum absolute atomic E-state index is 0.0944. The number of nitrogens with one attached hydrogen (secondary N) is 1. The van der Waals surface area contributed by atoms with Crippen LogP contribution in [0.4, 0.5) is 0 Å². The van der Waals surface area contributed by atoms with Gasteiger partial charge >= 0.3 is 0 Å². The van der Waals surface area contributed by atoms with Crippen LogP contribution in [-0.2, 0) is 11.3 Å². The number of likely N-dealkylation sites (tertiary alicyclic amines) is 1. The van der Waals surface area contributed by atoms with Crippen molar-refractivity contribution in [3.05, 3.63) is 30.5 Å². The van der Waals surface area contributed by atoms with Gasteiger partial charge in [-0.15, -0.1) is 0 Å². The van der Waals surface area contributed by atoms with Crippen LogP contribution in [0.3, 0.4) is 0 Å². The van der Waals surface area contributed by atoms with Gasteiger partial charge in [0.1, 0.15) is 0 Å². The highest BCUT2D eigenvalue weighted by molar-refractivity contribution is 5.78. The molecule has 0 bridgehead atoms. The number of carbonyl (C=O) groups is 1. The van der Waals surface area contributed by atoms with Crippen LogP contribution in [0.5, 0.6) is 0 Å². The first-order valence-corrected chi connectivity index (χ1v) is 7.93. The summed E-state index contributed by atoms with van der Waals surface area (Å²) >= 11 is 0. The van der Waals surface area contributed by atoms with E-state index in [4.69, 9.17) is 0 Å². The van der Waals surface area contributed by atoms with Crippen LogP contribution in [-0.4, -0.2) is 44.3 Å². The second kappa shape index (κ2) is 6.44. The molecule has 3 rings (SSSR count). The van der Waals surface area contributed by atoms with Gasteiger partial charge < -0.3 is 10.2 Å². The van der Waals surface area contributed by atoms with Crippen molar-refractivity contribution in [3.63, 3.8) is 0 Å². The van der Waals surface area contributed by atoms with E-state index in [9.17, 15) is 4.79 Å². The van der Waals surface area contributed by atoms with E-state index in [1.54, 1.807) is 18.6 Å². The van der Waals surface area contributed by atoms with Crippen LogP contribution in [0.1, 0.15) is 32.4 Å². The minimum atomic E-state index is 0.0944. The third kappa shape index (κ3) is 3.11. The third-order valence-corrected chi connectivity index (χ3v) is 4.39. The Morgan fingerprint density at radius 2 is 2.32 bits per heavy atom. The fourth-order valence-corrected chi connectivity index (χ4v) is 3.04. The number of aromatic nitrogens is 3. The summed E-state index contributed by atoms with van der Waals surface area (Å²) in [4.78, 5) is 23.1. The van der Waals surface area contributed by atoms with Gasteiger partial charge in [-0.05, 0) is 33.2 Å². The topological polar surface area (TPSA) is 62.5 Å². The molecular weight excluding hydrogens is 278 g/mol. The summed E-state index contributed by atoms with van der Waals surface area (Å²) in [5.41, 5.74) is 1.78. The van der Waals surface area contributed by atoms with Crippen molar-refractivity contribution >= 4 is 11.6 Å². The van der Waals surface area contributed by atoms with Crippen molar-refractivity contribution in [1.82, 2.24) is 24.6 Å². The van der Waals surface area contributed by atoms with Gasteiger partial charge in [0, 0.05) is 25.0 Å². The molecule has 0 radical (unpaired) electrons. The molecule has 22 heavy (non-hydrogen) atoms.